The van der Waals surface area contributed by atoms with Gasteiger partial charge < -0.3 is 9.47 Å². The van der Waals surface area contributed by atoms with Crippen molar-refractivity contribution in [1.29, 1.82) is 0 Å². The van der Waals surface area contributed by atoms with Crippen molar-refractivity contribution in [3.05, 3.63) is 66.4 Å². The van der Waals surface area contributed by atoms with Crippen LogP contribution in [0.4, 0.5) is 4.39 Å². The number of benzene rings is 1. The van der Waals surface area contributed by atoms with Gasteiger partial charge in [0.1, 0.15) is 17.1 Å². The highest BCUT2D eigenvalue weighted by Crippen LogP contribution is 2.26. The Kier molecular flexibility index (Phi) is 4.79. The molecular formula is C21H23FN4O. The summed E-state index contributed by atoms with van der Waals surface area (Å²) < 4.78 is 17.7. The normalized spacial score (nSPS) is 15.0. The fraction of sp³-hybridized carbons (Fsp3) is 0.333. The topological polar surface area (TPSA) is 43.1 Å². The summed E-state index contributed by atoms with van der Waals surface area (Å²) >= 11 is 0. The van der Waals surface area contributed by atoms with Crippen LogP contribution in [-0.2, 0) is 0 Å². The van der Waals surface area contributed by atoms with Crippen LogP contribution in [0.3, 0.4) is 0 Å². The molecule has 1 aliphatic carbocycles. The van der Waals surface area contributed by atoms with E-state index in [1.54, 1.807) is 29.0 Å². The third-order valence-corrected chi connectivity index (χ3v) is 5.35. The predicted molar refractivity (Wildman–Crippen MR) is 102 cm³/mol. The zero-order valence-electron chi connectivity index (χ0n) is 15.4. The molecule has 0 radical (unpaired) electrons. The van der Waals surface area contributed by atoms with E-state index in [2.05, 4.69) is 5.10 Å². The second kappa shape index (κ2) is 7.39. The quantitative estimate of drug-likeness (QED) is 0.694. The van der Waals surface area contributed by atoms with E-state index in [1.807, 2.05) is 36.5 Å². The monoisotopic (exact) mass is 366 g/mol. The van der Waals surface area contributed by atoms with Gasteiger partial charge >= 0.3 is 0 Å². The first-order valence-corrected chi connectivity index (χ1v) is 9.40. The Labute approximate surface area is 158 Å². The van der Waals surface area contributed by atoms with Crippen molar-refractivity contribution in [3.8, 4) is 11.5 Å². The van der Waals surface area contributed by atoms with Crippen LogP contribution in [0.15, 0.2) is 55.0 Å². The molecule has 1 fully saturated rings. The molecule has 1 amide bonds. The van der Waals surface area contributed by atoms with Gasteiger partial charge in [0.25, 0.3) is 5.91 Å². The van der Waals surface area contributed by atoms with Gasteiger partial charge in [0.2, 0.25) is 0 Å². The minimum atomic E-state index is -0.381. The zero-order chi connectivity index (χ0) is 18.8. The first kappa shape index (κ1) is 17.5. The van der Waals surface area contributed by atoms with Crippen molar-refractivity contribution < 1.29 is 9.18 Å². The van der Waals surface area contributed by atoms with E-state index in [-0.39, 0.29) is 17.8 Å². The Morgan fingerprint density at radius 1 is 1.11 bits per heavy atom. The second-order valence-electron chi connectivity index (χ2n) is 7.04. The molecule has 2 heterocycles. The first-order valence-electron chi connectivity index (χ1n) is 9.40. The van der Waals surface area contributed by atoms with Crippen LogP contribution in [0.5, 0.6) is 0 Å². The van der Waals surface area contributed by atoms with Crippen molar-refractivity contribution in [2.45, 2.75) is 38.1 Å². The lowest BCUT2D eigenvalue weighted by molar-refractivity contribution is 0.0696. The lowest BCUT2D eigenvalue weighted by Crippen LogP contribution is -2.38. The molecule has 27 heavy (non-hydrogen) atoms. The lowest BCUT2D eigenvalue weighted by Gasteiger charge is -2.31. The van der Waals surface area contributed by atoms with Crippen LogP contribution < -0.4 is 0 Å². The fourth-order valence-corrected chi connectivity index (χ4v) is 3.84. The maximum absolute atomic E-state index is 14.4. The summed E-state index contributed by atoms with van der Waals surface area (Å²) in [7, 11) is 1.86. The number of amides is 1. The Hall–Kier alpha value is -2.89. The second-order valence-corrected chi connectivity index (χ2v) is 7.04. The molecule has 0 atom stereocenters. The van der Waals surface area contributed by atoms with Crippen molar-refractivity contribution >= 4 is 5.91 Å². The van der Waals surface area contributed by atoms with E-state index >= 15 is 0 Å². The van der Waals surface area contributed by atoms with E-state index in [9.17, 15) is 9.18 Å². The molecule has 0 unspecified atom stereocenters. The number of hydrogen-bond donors (Lipinski definition) is 0. The average Bonchev–Trinajstić information content (AvgIpc) is 3.37. The molecule has 5 nitrogen and oxygen atoms in total. The van der Waals surface area contributed by atoms with Crippen LogP contribution in [0.2, 0.25) is 0 Å². The van der Waals surface area contributed by atoms with Gasteiger partial charge in [0.15, 0.2) is 5.82 Å². The molecule has 0 N–H and O–H groups in total. The number of carbonyl (C=O) groups excluding carboxylic acids is 1. The van der Waals surface area contributed by atoms with Crippen LogP contribution in [0, 0.1) is 5.82 Å². The number of nitrogens with zero attached hydrogens (tertiary/aromatic N) is 4. The number of rotatable bonds is 4. The summed E-state index contributed by atoms with van der Waals surface area (Å²) in [6.07, 6.45) is 10.8. The minimum Gasteiger partial charge on any atom is -0.339 e. The number of carbonyl (C=O) groups is 1. The summed E-state index contributed by atoms with van der Waals surface area (Å²) in [6, 6.07) is 10.5. The zero-order valence-corrected chi connectivity index (χ0v) is 15.4. The van der Waals surface area contributed by atoms with Crippen molar-refractivity contribution in [1.82, 2.24) is 19.2 Å². The smallest absolute Gasteiger partial charge is 0.259 e. The van der Waals surface area contributed by atoms with E-state index in [0.29, 0.717) is 17.1 Å². The number of halogens is 1. The molecule has 6 heteroatoms. The number of hydrogen-bond acceptors (Lipinski definition) is 2. The molecular weight excluding hydrogens is 343 g/mol. The molecule has 3 aromatic rings. The van der Waals surface area contributed by atoms with Gasteiger partial charge in [-0.3, -0.25) is 4.79 Å². The minimum absolute atomic E-state index is 0.0758. The van der Waals surface area contributed by atoms with E-state index in [1.165, 1.54) is 17.2 Å². The maximum atomic E-state index is 14.4. The molecule has 2 aromatic heterocycles. The molecule has 1 saturated carbocycles. The summed E-state index contributed by atoms with van der Waals surface area (Å²) in [5, 5.41) is 4.36. The Morgan fingerprint density at radius 3 is 2.52 bits per heavy atom. The average molecular weight is 366 g/mol. The summed E-state index contributed by atoms with van der Waals surface area (Å²) in [4.78, 5) is 15.1. The molecule has 0 saturated heterocycles. The highest BCUT2D eigenvalue weighted by molar-refractivity contribution is 5.97. The predicted octanol–water partition coefficient (Wildman–Crippen LogP) is 4.21. The van der Waals surface area contributed by atoms with E-state index in [4.69, 9.17) is 0 Å². The van der Waals surface area contributed by atoms with Crippen LogP contribution in [-0.4, -0.2) is 38.2 Å². The molecule has 4 rings (SSSR count). The van der Waals surface area contributed by atoms with Gasteiger partial charge in [-0.25, -0.2) is 9.07 Å². The van der Waals surface area contributed by atoms with Crippen molar-refractivity contribution in [2.75, 3.05) is 7.05 Å². The van der Waals surface area contributed by atoms with E-state index in [0.717, 1.165) is 25.7 Å². The fourth-order valence-electron chi connectivity index (χ4n) is 3.84. The summed E-state index contributed by atoms with van der Waals surface area (Å²) in [5.74, 6) is 0.0968. The summed E-state index contributed by atoms with van der Waals surface area (Å²) in [6.45, 7) is 0. The van der Waals surface area contributed by atoms with Gasteiger partial charge in [-0.2, -0.15) is 5.10 Å². The largest absolute Gasteiger partial charge is 0.339 e. The lowest BCUT2D eigenvalue weighted by atomic mass is 9.94. The Bertz CT molecular complexity index is 926. The number of aromatic nitrogens is 3. The molecule has 0 bridgehead atoms. The van der Waals surface area contributed by atoms with Crippen LogP contribution >= 0.6 is 0 Å². The van der Waals surface area contributed by atoms with Gasteiger partial charge in [-0.1, -0.05) is 31.4 Å². The maximum Gasteiger partial charge on any atom is 0.259 e. The highest BCUT2D eigenvalue weighted by atomic mass is 19.1. The van der Waals surface area contributed by atoms with Crippen molar-refractivity contribution in [2.24, 2.45) is 0 Å². The Balaban J connectivity index is 1.77. The van der Waals surface area contributed by atoms with Gasteiger partial charge in [0, 0.05) is 25.5 Å². The van der Waals surface area contributed by atoms with Crippen LogP contribution in [0.25, 0.3) is 11.5 Å². The van der Waals surface area contributed by atoms with Gasteiger partial charge in [-0.15, -0.1) is 0 Å². The third kappa shape index (κ3) is 3.27. The standard InChI is InChI=1S/C21H23FN4O/c1-24(16-9-3-2-4-10-16)21(27)17-15-23-26(19-12-6-5-11-18(19)22)20(17)25-13-7-8-14-25/h5-8,11-16H,2-4,9-10H2,1H3. The molecule has 140 valence electrons. The van der Waals surface area contributed by atoms with Crippen LogP contribution in [0.1, 0.15) is 42.5 Å². The SMILES string of the molecule is CN(C(=O)c1cnn(-c2ccccc2F)c1-n1cccc1)C1CCCCC1. The number of para-hydroxylation sites is 1. The highest BCUT2D eigenvalue weighted by Gasteiger charge is 2.28. The Morgan fingerprint density at radius 2 is 1.81 bits per heavy atom. The molecule has 1 aliphatic rings. The molecule has 0 spiro atoms. The summed E-state index contributed by atoms with van der Waals surface area (Å²) in [5.41, 5.74) is 0.795. The third-order valence-electron chi connectivity index (χ3n) is 5.35. The van der Waals surface area contributed by atoms with Crippen molar-refractivity contribution in [3.63, 3.8) is 0 Å². The molecule has 0 aliphatic heterocycles. The first-order chi connectivity index (χ1) is 13.2. The van der Waals surface area contributed by atoms with Gasteiger partial charge in [0.05, 0.1) is 6.20 Å². The van der Waals surface area contributed by atoms with E-state index < -0.39 is 0 Å². The molecule has 1 aromatic carbocycles. The van der Waals surface area contributed by atoms with Gasteiger partial charge in [-0.05, 0) is 37.1 Å².